The molecule has 27 heavy (non-hydrogen) atoms. The molecule has 6 nitrogen and oxygen atoms in total. The number of esters is 1. The summed E-state index contributed by atoms with van der Waals surface area (Å²) in [7, 11) is 0. The van der Waals surface area contributed by atoms with E-state index in [0.29, 0.717) is 25.8 Å². The van der Waals surface area contributed by atoms with E-state index in [-0.39, 0.29) is 0 Å². The van der Waals surface area contributed by atoms with Crippen molar-refractivity contribution in [2.75, 3.05) is 13.2 Å². The Morgan fingerprint density at radius 2 is 1.85 bits per heavy atom. The number of carbonyl (C=O) groups excluding carboxylic acids is 3. The first kappa shape index (κ1) is 19.1. The summed E-state index contributed by atoms with van der Waals surface area (Å²) in [6.45, 7) is -0.0394. The SMILES string of the molecule is O=C(COC(=O)C1(c2ccccc2)CCC1)NC(=O)NCCc1cccs1. The number of imide groups is 1. The molecule has 2 aromatic rings. The summed E-state index contributed by atoms with van der Waals surface area (Å²) in [5, 5.41) is 6.76. The van der Waals surface area contributed by atoms with Crippen LogP contribution in [-0.4, -0.2) is 31.1 Å². The fourth-order valence-corrected chi connectivity index (χ4v) is 3.84. The molecule has 7 heteroatoms. The van der Waals surface area contributed by atoms with E-state index >= 15 is 0 Å². The highest BCUT2D eigenvalue weighted by Crippen LogP contribution is 2.44. The molecule has 0 spiro atoms. The smallest absolute Gasteiger partial charge is 0.321 e. The van der Waals surface area contributed by atoms with E-state index in [9.17, 15) is 14.4 Å². The van der Waals surface area contributed by atoms with Crippen molar-refractivity contribution in [3.8, 4) is 0 Å². The van der Waals surface area contributed by atoms with Gasteiger partial charge >= 0.3 is 12.0 Å². The summed E-state index contributed by atoms with van der Waals surface area (Å²) >= 11 is 1.61. The zero-order chi connectivity index (χ0) is 19.1. The normalized spacial score (nSPS) is 14.7. The molecular weight excluding hydrogens is 364 g/mol. The van der Waals surface area contributed by atoms with Gasteiger partial charge in [0.1, 0.15) is 0 Å². The van der Waals surface area contributed by atoms with Crippen molar-refractivity contribution in [1.29, 1.82) is 0 Å². The molecule has 1 aliphatic carbocycles. The maximum absolute atomic E-state index is 12.5. The van der Waals surface area contributed by atoms with Crippen molar-refractivity contribution >= 4 is 29.2 Å². The monoisotopic (exact) mass is 386 g/mol. The molecule has 1 aliphatic rings. The number of carbonyl (C=O) groups is 3. The van der Waals surface area contributed by atoms with Crippen LogP contribution in [-0.2, 0) is 26.2 Å². The van der Waals surface area contributed by atoms with Crippen LogP contribution >= 0.6 is 11.3 Å². The number of urea groups is 1. The molecule has 3 amide bonds. The predicted octanol–water partition coefficient (Wildman–Crippen LogP) is 2.78. The molecule has 142 valence electrons. The fraction of sp³-hybridized carbons (Fsp3) is 0.350. The van der Waals surface area contributed by atoms with Crippen LogP contribution in [0.2, 0.25) is 0 Å². The highest BCUT2D eigenvalue weighted by Gasteiger charge is 2.47. The maximum atomic E-state index is 12.5. The van der Waals surface area contributed by atoms with Gasteiger partial charge in [-0.05, 0) is 36.3 Å². The standard InChI is InChI=1S/C20H22N2O4S/c23-17(22-19(25)21-12-9-16-8-4-13-27-16)14-26-18(24)20(10-5-11-20)15-6-2-1-3-7-15/h1-4,6-8,13H,5,9-12,14H2,(H2,21,22,23,25). The summed E-state index contributed by atoms with van der Waals surface area (Å²) in [5.74, 6) is -1.05. The lowest BCUT2D eigenvalue weighted by atomic mass is 9.64. The van der Waals surface area contributed by atoms with Crippen LogP contribution in [0.25, 0.3) is 0 Å². The van der Waals surface area contributed by atoms with Gasteiger partial charge in [-0.2, -0.15) is 0 Å². The van der Waals surface area contributed by atoms with Crippen LogP contribution in [0.1, 0.15) is 29.7 Å². The molecule has 0 saturated heterocycles. The molecule has 0 unspecified atom stereocenters. The van der Waals surface area contributed by atoms with Crippen molar-refractivity contribution in [2.45, 2.75) is 31.1 Å². The van der Waals surface area contributed by atoms with Gasteiger partial charge in [0.25, 0.3) is 5.91 Å². The minimum absolute atomic E-state index is 0.409. The van der Waals surface area contributed by atoms with Gasteiger partial charge < -0.3 is 10.1 Å². The number of benzene rings is 1. The third kappa shape index (κ3) is 4.74. The zero-order valence-corrected chi connectivity index (χ0v) is 15.7. The van der Waals surface area contributed by atoms with Gasteiger partial charge in [0.05, 0.1) is 5.41 Å². The van der Waals surface area contributed by atoms with Gasteiger partial charge in [-0.3, -0.25) is 14.9 Å². The highest BCUT2D eigenvalue weighted by molar-refractivity contribution is 7.09. The molecule has 1 fully saturated rings. The average Bonchev–Trinajstić information content (AvgIpc) is 3.13. The first-order chi connectivity index (χ1) is 13.1. The number of rotatable bonds is 7. The number of thiophene rings is 1. The van der Waals surface area contributed by atoms with E-state index in [2.05, 4.69) is 10.6 Å². The molecule has 0 radical (unpaired) electrons. The van der Waals surface area contributed by atoms with Gasteiger partial charge in [-0.15, -0.1) is 11.3 Å². The van der Waals surface area contributed by atoms with Crippen LogP contribution in [0.3, 0.4) is 0 Å². The van der Waals surface area contributed by atoms with Crippen LogP contribution in [0.5, 0.6) is 0 Å². The van der Waals surface area contributed by atoms with Crippen LogP contribution in [0, 0.1) is 0 Å². The van der Waals surface area contributed by atoms with Crippen molar-refractivity contribution in [2.24, 2.45) is 0 Å². The lowest BCUT2D eigenvalue weighted by Gasteiger charge is -2.39. The van der Waals surface area contributed by atoms with Crippen molar-refractivity contribution in [3.63, 3.8) is 0 Å². The minimum Gasteiger partial charge on any atom is -0.455 e. The fourth-order valence-electron chi connectivity index (χ4n) is 3.13. The summed E-state index contributed by atoms with van der Waals surface area (Å²) in [4.78, 5) is 37.3. The molecule has 0 aliphatic heterocycles. The van der Waals surface area contributed by atoms with Gasteiger partial charge in [-0.1, -0.05) is 42.8 Å². The molecule has 3 rings (SSSR count). The van der Waals surface area contributed by atoms with E-state index in [1.165, 1.54) is 0 Å². The first-order valence-electron chi connectivity index (χ1n) is 8.93. The number of hydrogen-bond acceptors (Lipinski definition) is 5. The zero-order valence-electron chi connectivity index (χ0n) is 14.9. The number of ether oxygens (including phenoxy) is 1. The molecule has 1 aromatic carbocycles. The van der Waals surface area contributed by atoms with Crippen molar-refractivity contribution in [1.82, 2.24) is 10.6 Å². The Balaban J connectivity index is 1.41. The Morgan fingerprint density at radius 3 is 2.48 bits per heavy atom. The molecule has 1 saturated carbocycles. The number of hydrogen-bond donors (Lipinski definition) is 2. The van der Waals surface area contributed by atoms with E-state index in [1.807, 2.05) is 47.8 Å². The average molecular weight is 386 g/mol. The van der Waals surface area contributed by atoms with Gasteiger partial charge in [0, 0.05) is 11.4 Å². The summed E-state index contributed by atoms with van der Waals surface area (Å²) in [6.07, 6.45) is 3.07. The van der Waals surface area contributed by atoms with E-state index in [0.717, 1.165) is 16.9 Å². The van der Waals surface area contributed by atoms with Crippen molar-refractivity contribution < 1.29 is 19.1 Å². The quantitative estimate of drug-likeness (QED) is 0.717. The van der Waals surface area contributed by atoms with Crippen molar-refractivity contribution in [3.05, 3.63) is 58.3 Å². The second-order valence-electron chi connectivity index (χ2n) is 6.51. The largest absolute Gasteiger partial charge is 0.455 e. The maximum Gasteiger partial charge on any atom is 0.321 e. The van der Waals surface area contributed by atoms with Gasteiger partial charge in [-0.25, -0.2) is 4.79 Å². The molecule has 1 aromatic heterocycles. The molecule has 1 heterocycles. The minimum atomic E-state index is -0.662. The lowest BCUT2D eigenvalue weighted by molar-refractivity contribution is -0.157. The topological polar surface area (TPSA) is 84.5 Å². The summed E-state index contributed by atoms with van der Waals surface area (Å²) < 4.78 is 5.20. The number of amides is 3. The van der Waals surface area contributed by atoms with E-state index < -0.39 is 29.9 Å². The lowest BCUT2D eigenvalue weighted by Crippen LogP contribution is -2.46. The molecular formula is C20H22N2O4S. The van der Waals surface area contributed by atoms with Crippen LogP contribution in [0.15, 0.2) is 47.8 Å². The van der Waals surface area contributed by atoms with Gasteiger partial charge in [0.15, 0.2) is 6.61 Å². The van der Waals surface area contributed by atoms with E-state index in [1.54, 1.807) is 11.3 Å². The van der Waals surface area contributed by atoms with Crippen LogP contribution < -0.4 is 10.6 Å². The summed E-state index contributed by atoms with van der Waals surface area (Å²) in [6, 6.07) is 12.8. The molecule has 0 bridgehead atoms. The highest BCUT2D eigenvalue weighted by atomic mass is 32.1. The third-order valence-electron chi connectivity index (χ3n) is 4.75. The Morgan fingerprint density at radius 1 is 1.07 bits per heavy atom. The Bertz CT molecular complexity index is 786. The summed E-state index contributed by atoms with van der Waals surface area (Å²) in [5.41, 5.74) is 0.248. The molecule has 0 atom stereocenters. The third-order valence-corrected chi connectivity index (χ3v) is 5.68. The number of nitrogens with one attached hydrogen (secondary N) is 2. The second-order valence-corrected chi connectivity index (χ2v) is 7.54. The van der Waals surface area contributed by atoms with Gasteiger partial charge in [0.2, 0.25) is 0 Å². The Kier molecular flexibility index (Phi) is 6.24. The Hall–Kier alpha value is -2.67. The first-order valence-corrected chi connectivity index (χ1v) is 9.81. The Labute approximate surface area is 161 Å². The predicted molar refractivity (Wildman–Crippen MR) is 102 cm³/mol. The second kappa shape index (κ2) is 8.81. The van der Waals surface area contributed by atoms with E-state index in [4.69, 9.17) is 4.74 Å². The molecule has 2 N–H and O–H groups in total. The van der Waals surface area contributed by atoms with Crippen LogP contribution in [0.4, 0.5) is 4.79 Å².